The number of piperazine rings is 1. The van der Waals surface area contributed by atoms with Gasteiger partial charge in [0.25, 0.3) is 0 Å². The van der Waals surface area contributed by atoms with Gasteiger partial charge in [0.15, 0.2) is 0 Å². The van der Waals surface area contributed by atoms with Gasteiger partial charge in [-0.15, -0.1) is 0 Å². The van der Waals surface area contributed by atoms with Crippen LogP contribution in [0.2, 0.25) is 0 Å². The van der Waals surface area contributed by atoms with E-state index in [4.69, 9.17) is 0 Å². The molecule has 0 aliphatic carbocycles. The van der Waals surface area contributed by atoms with Crippen LogP contribution in [-0.4, -0.2) is 59.5 Å². The lowest BCUT2D eigenvalue weighted by Crippen LogP contribution is -2.50. The summed E-state index contributed by atoms with van der Waals surface area (Å²) in [6.45, 7) is 1.36. The van der Waals surface area contributed by atoms with Crippen molar-refractivity contribution in [3.05, 3.63) is 90.3 Å². The van der Waals surface area contributed by atoms with E-state index >= 15 is 0 Å². The van der Waals surface area contributed by atoms with Crippen LogP contribution in [0.3, 0.4) is 0 Å². The predicted octanol–water partition coefficient (Wildman–Crippen LogP) is 2.56. The first-order valence-electron chi connectivity index (χ1n) is 10.1. The molecular formula is C23H24N4O3S. The molecular weight excluding hydrogens is 412 g/mol. The highest BCUT2D eigenvalue weighted by molar-refractivity contribution is 7.88. The maximum atomic E-state index is 12.7. The van der Waals surface area contributed by atoms with Crippen molar-refractivity contribution in [2.45, 2.75) is 5.75 Å². The largest absolute Gasteiger partial charge is 0.337 e. The van der Waals surface area contributed by atoms with Gasteiger partial charge in [-0.25, -0.2) is 13.1 Å². The van der Waals surface area contributed by atoms with Crippen LogP contribution in [0.25, 0.3) is 11.8 Å². The predicted molar refractivity (Wildman–Crippen MR) is 120 cm³/mol. The minimum absolute atomic E-state index is 0.0207. The van der Waals surface area contributed by atoms with Gasteiger partial charge in [-0.05, 0) is 23.8 Å². The van der Waals surface area contributed by atoms with Crippen LogP contribution in [-0.2, 0) is 20.6 Å². The van der Waals surface area contributed by atoms with E-state index in [1.807, 2.05) is 66.9 Å². The zero-order valence-corrected chi connectivity index (χ0v) is 17.9. The van der Waals surface area contributed by atoms with Crippen molar-refractivity contribution in [2.24, 2.45) is 0 Å². The minimum Gasteiger partial charge on any atom is -0.337 e. The van der Waals surface area contributed by atoms with Gasteiger partial charge in [0.2, 0.25) is 15.9 Å². The lowest BCUT2D eigenvalue weighted by atomic mass is 10.2. The van der Waals surface area contributed by atoms with Gasteiger partial charge in [0.05, 0.1) is 17.6 Å². The third-order valence-corrected chi connectivity index (χ3v) is 7.03. The van der Waals surface area contributed by atoms with Gasteiger partial charge in [-0.2, -0.15) is 9.40 Å². The third-order valence-electron chi connectivity index (χ3n) is 5.18. The molecule has 160 valence electrons. The molecule has 1 fully saturated rings. The van der Waals surface area contributed by atoms with Crippen molar-refractivity contribution in [3.8, 4) is 5.69 Å². The fourth-order valence-corrected chi connectivity index (χ4v) is 5.00. The molecule has 1 saturated heterocycles. The summed E-state index contributed by atoms with van der Waals surface area (Å²) in [6, 6.07) is 18.9. The first-order valence-corrected chi connectivity index (χ1v) is 11.7. The minimum atomic E-state index is -3.40. The lowest BCUT2D eigenvalue weighted by Gasteiger charge is -2.33. The molecule has 7 nitrogen and oxygen atoms in total. The molecule has 0 spiro atoms. The Bertz CT molecular complexity index is 1150. The maximum absolute atomic E-state index is 12.7. The summed E-state index contributed by atoms with van der Waals surface area (Å²) in [7, 11) is -3.40. The van der Waals surface area contributed by atoms with E-state index in [-0.39, 0.29) is 11.7 Å². The SMILES string of the molecule is O=C(C=Cc1cnn(-c2ccccc2)c1)N1CCN(S(=O)(=O)Cc2ccccc2)CC1. The molecule has 1 aromatic heterocycles. The van der Waals surface area contributed by atoms with Crippen LogP contribution in [0.15, 0.2) is 79.1 Å². The molecule has 31 heavy (non-hydrogen) atoms. The number of aromatic nitrogens is 2. The molecule has 0 radical (unpaired) electrons. The fraction of sp³-hybridized carbons (Fsp3) is 0.217. The number of rotatable bonds is 6. The van der Waals surface area contributed by atoms with Crippen LogP contribution in [0.5, 0.6) is 0 Å². The number of amides is 1. The Morgan fingerprint density at radius 2 is 1.58 bits per heavy atom. The second-order valence-electron chi connectivity index (χ2n) is 7.35. The van der Waals surface area contributed by atoms with Crippen LogP contribution >= 0.6 is 0 Å². The Labute approximate surface area is 182 Å². The second-order valence-corrected chi connectivity index (χ2v) is 9.32. The van der Waals surface area contributed by atoms with Crippen molar-refractivity contribution in [1.29, 1.82) is 0 Å². The van der Waals surface area contributed by atoms with Crippen molar-refractivity contribution in [1.82, 2.24) is 19.0 Å². The Hall–Kier alpha value is -3.23. The van der Waals surface area contributed by atoms with Crippen molar-refractivity contribution in [2.75, 3.05) is 26.2 Å². The molecule has 2 heterocycles. The fourth-order valence-electron chi connectivity index (χ4n) is 3.48. The summed E-state index contributed by atoms with van der Waals surface area (Å²) < 4.78 is 28.5. The van der Waals surface area contributed by atoms with Crippen molar-refractivity contribution < 1.29 is 13.2 Å². The molecule has 0 saturated carbocycles. The van der Waals surface area contributed by atoms with Gasteiger partial charge >= 0.3 is 0 Å². The standard InChI is InChI=1S/C23H24N4O3S/c28-23(12-11-21-17-24-27(18-21)22-9-5-2-6-10-22)25-13-15-26(16-14-25)31(29,30)19-20-7-3-1-4-8-20/h1-12,17-18H,13-16,19H2. The molecule has 0 bridgehead atoms. The highest BCUT2D eigenvalue weighted by Crippen LogP contribution is 2.14. The number of sulfonamides is 1. The topological polar surface area (TPSA) is 75.5 Å². The first-order chi connectivity index (χ1) is 15.0. The molecule has 4 rings (SSSR count). The number of benzene rings is 2. The Morgan fingerprint density at radius 1 is 0.935 bits per heavy atom. The van der Waals surface area contributed by atoms with Crippen LogP contribution in [0.1, 0.15) is 11.1 Å². The molecule has 8 heteroatoms. The van der Waals surface area contributed by atoms with Gasteiger partial charge < -0.3 is 4.90 Å². The second kappa shape index (κ2) is 9.28. The van der Waals surface area contributed by atoms with E-state index < -0.39 is 10.0 Å². The van der Waals surface area contributed by atoms with E-state index in [9.17, 15) is 13.2 Å². The molecule has 1 aliphatic heterocycles. The van der Waals surface area contributed by atoms with E-state index in [1.165, 1.54) is 10.4 Å². The Kier molecular flexibility index (Phi) is 6.29. The molecule has 3 aromatic rings. The van der Waals surface area contributed by atoms with Gasteiger partial charge in [-0.3, -0.25) is 4.79 Å². The summed E-state index contributed by atoms with van der Waals surface area (Å²) in [6.07, 6.45) is 6.80. The van der Waals surface area contributed by atoms with Gasteiger partial charge in [0, 0.05) is 44.0 Å². The highest BCUT2D eigenvalue weighted by Gasteiger charge is 2.28. The Balaban J connectivity index is 1.32. The summed E-state index contributed by atoms with van der Waals surface area (Å²) in [5.41, 5.74) is 2.53. The van der Waals surface area contributed by atoms with Crippen molar-refractivity contribution >= 4 is 22.0 Å². The number of carbonyl (C=O) groups is 1. The number of nitrogens with zero attached hydrogens (tertiary/aromatic N) is 4. The zero-order chi connectivity index (χ0) is 21.7. The molecule has 2 aromatic carbocycles. The third kappa shape index (κ3) is 5.28. The normalized spacial score (nSPS) is 15.4. The number of carbonyl (C=O) groups excluding carboxylic acids is 1. The number of para-hydroxylation sites is 1. The molecule has 1 aliphatic rings. The molecule has 0 atom stereocenters. The monoisotopic (exact) mass is 436 g/mol. The van der Waals surface area contributed by atoms with E-state index in [2.05, 4.69) is 5.10 Å². The summed E-state index contributed by atoms with van der Waals surface area (Å²) >= 11 is 0. The number of hydrogen-bond donors (Lipinski definition) is 0. The highest BCUT2D eigenvalue weighted by atomic mass is 32.2. The molecule has 1 amide bonds. The summed E-state index contributed by atoms with van der Waals surface area (Å²) in [4.78, 5) is 14.2. The van der Waals surface area contributed by atoms with Gasteiger partial charge in [0.1, 0.15) is 0 Å². The van der Waals surface area contributed by atoms with Crippen LogP contribution < -0.4 is 0 Å². The summed E-state index contributed by atoms with van der Waals surface area (Å²) in [5.74, 6) is -0.153. The average Bonchev–Trinajstić information content (AvgIpc) is 3.28. The quantitative estimate of drug-likeness (QED) is 0.557. The maximum Gasteiger partial charge on any atom is 0.246 e. The van der Waals surface area contributed by atoms with Gasteiger partial charge in [-0.1, -0.05) is 48.5 Å². The summed E-state index contributed by atoms with van der Waals surface area (Å²) in [5, 5.41) is 4.32. The number of hydrogen-bond acceptors (Lipinski definition) is 4. The molecule has 0 N–H and O–H groups in total. The van der Waals surface area contributed by atoms with E-state index in [0.717, 1.165) is 16.8 Å². The van der Waals surface area contributed by atoms with E-state index in [0.29, 0.717) is 26.2 Å². The molecule has 0 unspecified atom stereocenters. The lowest BCUT2D eigenvalue weighted by molar-refractivity contribution is -0.127. The first kappa shape index (κ1) is 21.0. The van der Waals surface area contributed by atoms with Crippen molar-refractivity contribution in [3.63, 3.8) is 0 Å². The average molecular weight is 437 g/mol. The van der Waals surface area contributed by atoms with Crippen LogP contribution in [0.4, 0.5) is 0 Å². The zero-order valence-electron chi connectivity index (χ0n) is 17.0. The van der Waals surface area contributed by atoms with Crippen LogP contribution in [0, 0.1) is 0 Å². The van der Waals surface area contributed by atoms with E-state index in [1.54, 1.807) is 21.9 Å². The Morgan fingerprint density at radius 3 is 2.26 bits per heavy atom. The smallest absolute Gasteiger partial charge is 0.246 e.